The molecule has 228 valence electrons. The van der Waals surface area contributed by atoms with Crippen LogP contribution in [0.3, 0.4) is 0 Å². The zero-order valence-corrected chi connectivity index (χ0v) is 24.7. The molecule has 0 heterocycles. The molecule has 0 radical (unpaired) electrons. The Hall–Kier alpha value is -2.77. The van der Waals surface area contributed by atoms with Crippen LogP contribution in [-0.2, 0) is 20.8 Å². The predicted octanol–water partition coefficient (Wildman–Crippen LogP) is 7.31. The Labute approximate surface area is 241 Å². The highest BCUT2D eigenvalue weighted by atomic mass is 16.5. The van der Waals surface area contributed by atoms with E-state index in [2.05, 4.69) is 12.2 Å². The standard InChI is InChI=1S/C32H53NO7/c1-2-3-4-5-6-7-8-9-10-11-12-13-14-17-30(34)33-23-22-27-20-21-28(39-24-15-18-31(35)36)29(26-27)40-25-16-19-32(37)38/h20-21,26H,2-19,22-25H2,1H3,(H,33,34)(H,35,36)(H,37,38). The van der Waals surface area contributed by atoms with Crippen LogP contribution in [0.15, 0.2) is 18.2 Å². The van der Waals surface area contributed by atoms with Gasteiger partial charge in [0.05, 0.1) is 13.2 Å². The second-order valence-electron chi connectivity index (χ2n) is 10.6. The van der Waals surface area contributed by atoms with E-state index in [4.69, 9.17) is 19.7 Å². The summed E-state index contributed by atoms with van der Waals surface area (Å²) in [4.78, 5) is 33.7. The molecule has 1 aromatic rings. The second kappa shape index (κ2) is 24.1. The summed E-state index contributed by atoms with van der Waals surface area (Å²) in [6.45, 7) is 3.25. The molecule has 0 aromatic heterocycles. The molecule has 1 aromatic carbocycles. The lowest BCUT2D eigenvalue weighted by Crippen LogP contribution is -2.25. The maximum atomic E-state index is 12.2. The number of aliphatic carboxylic acids is 2. The Bertz CT molecular complexity index is 827. The van der Waals surface area contributed by atoms with Crippen molar-refractivity contribution in [3.05, 3.63) is 23.8 Å². The van der Waals surface area contributed by atoms with E-state index in [1.165, 1.54) is 70.6 Å². The van der Waals surface area contributed by atoms with E-state index in [-0.39, 0.29) is 32.0 Å². The lowest BCUT2D eigenvalue weighted by molar-refractivity contribution is -0.138. The van der Waals surface area contributed by atoms with Gasteiger partial charge in [-0.25, -0.2) is 0 Å². The van der Waals surface area contributed by atoms with Crippen molar-refractivity contribution in [2.24, 2.45) is 0 Å². The van der Waals surface area contributed by atoms with Gasteiger partial charge in [-0.2, -0.15) is 0 Å². The van der Waals surface area contributed by atoms with Gasteiger partial charge in [0.15, 0.2) is 11.5 Å². The topological polar surface area (TPSA) is 122 Å². The lowest BCUT2D eigenvalue weighted by Gasteiger charge is -2.14. The van der Waals surface area contributed by atoms with Crippen LogP contribution in [0.25, 0.3) is 0 Å². The highest BCUT2D eigenvalue weighted by Gasteiger charge is 2.09. The van der Waals surface area contributed by atoms with Crippen molar-refractivity contribution in [3.8, 4) is 11.5 Å². The minimum atomic E-state index is -0.878. The Balaban J connectivity index is 2.24. The first-order valence-corrected chi connectivity index (χ1v) is 15.5. The van der Waals surface area contributed by atoms with Gasteiger partial charge in [0.2, 0.25) is 5.91 Å². The van der Waals surface area contributed by atoms with Crippen LogP contribution in [0.2, 0.25) is 0 Å². The Kier molecular flexibility index (Phi) is 21.2. The maximum Gasteiger partial charge on any atom is 0.303 e. The number of carbonyl (C=O) groups is 3. The number of benzene rings is 1. The third-order valence-corrected chi connectivity index (χ3v) is 6.84. The summed E-state index contributed by atoms with van der Waals surface area (Å²) in [6, 6.07) is 5.51. The molecule has 0 fully saturated rings. The molecule has 0 bridgehead atoms. The molecule has 0 aliphatic carbocycles. The quantitative estimate of drug-likeness (QED) is 0.0959. The highest BCUT2D eigenvalue weighted by molar-refractivity contribution is 5.75. The van der Waals surface area contributed by atoms with Gasteiger partial charge in [-0.15, -0.1) is 0 Å². The molecule has 0 saturated heterocycles. The van der Waals surface area contributed by atoms with Gasteiger partial charge in [-0.1, -0.05) is 90.0 Å². The van der Waals surface area contributed by atoms with Crippen molar-refractivity contribution >= 4 is 17.8 Å². The Morgan fingerprint density at radius 1 is 0.650 bits per heavy atom. The number of carboxylic acid groups (broad SMARTS) is 2. The van der Waals surface area contributed by atoms with Crippen LogP contribution >= 0.6 is 0 Å². The van der Waals surface area contributed by atoms with Crippen LogP contribution in [0.4, 0.5) is 0 Å². The van der Waals surface area contributed by atoms with Crippen LogP contribution < -0.4 is 14.8 Å². The van der Waals surface area contributed by atoms with E-state index in [1.54, 1.807) is 6.07 Å². The normalized spacial score (nSPS) is 10.8. The summed E-state index contributed by atoms with van der Waals surface area (Å²) in [5.41, 5.74) is 0.965. The molecule has 1 rings (SSSR count). The van der Waals surface area contributed by atoms with E-state index < -0.39 is 11.9 Å². The number of carbonyl (C=O) groups excluding carboxylic acids is 1. The summed E-state index contributed by atoms with van der Waals surface area (Å²) in [7, 11) is 0. The summed E-state index contributed by atoms with van der Waals surface area (Å²) in [5, 5.41) is 20.6. The second-order valence-corrected chi connectivity index (χ2v) is 10.6. The van der Waals surface area contributed by atoms with Crippen molar-refractivity contribution in [2.45, 2.75) is 129 Å². The minimum absolute atomic E-state index is 0.0137. The first kappa shape index (κ1) is 35.3. The Morgan fingerprint density at radius 2 is 1.15 bits per heavy atom. The van der Waals surface area contributed by atoms with Gasteiger partial charge < -0.3 is 25.0 Å². The number of carboxylic acids is 2. The van der Waals surface area contributed by atoms with Crippen molar-refractivity contribution in [1.82, 2.24) is 5.32 Å². The number of ether oxygens (including phenoxy) is 2. The van der Waals surface area contributed by atoms with Gasteiger partial charge in [-0.05, 0) is 43.4 Å². The summed E-state index contributed by atoms with van der Waals surface area (Å²) in [5.74, 6) is -0.684. The van der Waals surface area contributed by atoms with Gasteiger partial charge >= 0.3 is 11.9 Å². The molecule has 8 heteroatoms. The number of rotatable bonds is 27. The number of nitrogens with one attached hydrogen (secondary N) is 1. The largest absolute Gasteiger partial charge is 0.490 e. The van der Waals surface area contributed by atoms with Gasteiger partial charge in [-0.3, -0.25) is 14.4 Å². The molecular formula is C32H53NO7. The summed E-state index contributed by atoms with van der Waals surface area (Å²) < 4.78 is 11.5. The molecule has 0 aliphatic heterocycles. The average Bonchev–Trinajstić information content (AvgIpc) is 2.92. The fourth-order valence-corrected chi connectivity index (χ4v) is 4.49. The van der Waals surface area contributed by atoms with Crippen molar-refractivity contribution in [3.63, 3.8) is 0 Å². The third-order valence-electron chi connectivity index (χ3n) is 6.84. The minimum Gasteiger partial charge on any atom is -0.490 e. The first-order valence-electron chi connectivity index (χ1n) is 15.5. The van der Waals surface area contributed by atoms with E-state index in [0.29, 0.717) is 43.7 Å². The molecule has 3 N–H and O–H groups in total. The third kappa shape index (κ3) is 20.2. The van der Waals surface area contributed by atoms with E-state index in [1.807, 2.05) is 12.1 Å². The monoisotopic (exact) mass is 563 g/mol. The van der Waals surface area contributed by atoms with Gasteiger partial charge in [0.1, 0.15) is 0 Å². The van der Waals surface area contributed by atoms with Crippen LogP contribution in [-0.4, -0.2) is 47.8 Å². The van der Waals surface area contributed by atoms with Gasteiger partial charge in [0.25, 0.3) is 0 Å². The van der Waals surface area contributed by atoms with E-state index in [9.17, 15) is 14.4 Å². The van der Waals surface area contributed by atoms with Gasteiger partial charge in [0, 0.05) is 25.8 Å². The van der Waals surface area contributed by atoms with Crippen molar-refractivity contribution in [1.29, 1.82) is 0 Å². The molecule has 1 amide bonds. The molecular weight excluding hydrogens is 510 g/mol. The molecule has 0 aliphatic rings. The number of unbranched alkanes of at least 4 members (excludes halogenated alkanes) is 12. The summed E-state index contributed by atoms with van der Waals surface area (Å²) in [6.07, 6.45) is 18.7. The Morgan fingerprint density at radius 3 is 1.68 bits per heavy atom. The fourth-order valence-electron chi connectivity index (χ4n) is 4.49. The number of hydrogen-bond donors (Lipinski definition) is 3. The predicted molar refractivity (Wildman–Crippen MR) is 158 cm³/mol. The van der Waals surface area contributed by atoms with Crippen LogP contribution in [0.5, 0.6) is 11.5 Å². The zero-order chi connectivity index (χ0) is 29.3. The van der Waals surface area contributed by atoms with E-state index >= 15 is 0 Å². The first-order chi connectivity index (χ1) is 19.4. The SMILES string of the molecule is CCCCCCCCCCCCCCCC(=O)NCCc1ccc(OCCCC(=O)O)c(OCCCC(=O)O)c1. The molecule has 0 unspecified atom stereocenters. The molecule has 40 heavy (non-hydrogen) atoms. The van der Waals surface area contributed by atoms with Crippen LogP contribution in [0, 0.1) is 0 Å². The molecule has 8 nitrogen and oxygen atoms in total. The van der Waals surface area contributed by atoms with Crippen LogP contribution in [0.1, 0.15) is 128 Å². The number of amides is 1. The number of hydrogen-bond acceptors (Lipinski definition) is 5. The smallest absolute Gasteiger partial charge is 0.303 e. The van der Waals surface area contributed by atoms with Crippen molar-refractivity contribution in [2.75, 3.05) is 19.8 Å². The fraction of sp³-hybridized carbons (Fsp3) is 0.719. The maximum absolute atomic E-state index is 12.2. The lowest BCUT2D eigenvalue weighted by atomic mass is 10.0. The summed E-state index contributed by atoms with van der Waals surface area (Å²) >= 11 is 0. The molecule has 0 spiro atoms. The van der Waals surface area contributed by atoms with E-state index in [0.717, 1.165) is 18.4 Å². The molecule has 0 saturated carbocycles. The van der Waals surface area contributed by atoms with Crippen molar-refractivity contribution < 1.29 is 34.1 Å². The highest BCUT2D eigenvalue weighted by Crippen LogP contribution is 2.29. The molecule has 0 atom stereocenters. The average molecular weight is 564 g/mol. The zero-order valence-electron chi connectivity index (χ0n) is 24.7.